The van der Waals surface area contributed by atoms with E-state index in [2.05, 4.69) is 42.8 Å². The molecule has 0 N–H and O–H groups in total. The molecule has 0 rings (SSSR count). The predicted octanol–water partition coefficient (Wildman–Crippen LogP) is 3.91. The van der Waals surface area contributed by atoms with Crippen LogP contribution in [0.4, 0.5) is 0 Å². The second kappa shape index (κ2) is 5.96. The molecule has 0 aromatic carbocycles. The fourth-order valence-electron chi connectivity index (χ4n) is 0.786. The summed E-state index contributed by atoms with van der Waals surface area (Å²) in [5, 5.41) is 0. The van der Waals surface area contributed by atoms with Crippen LogP contribution in [-0.4, -0.2) is 4.83 Å². The van der Waals surface area contributed by atoms with Crippen molar-refractivity contribution in [2.24, 2.45) is 0 Å². The standard InChI is InChI=1S/C9H17Br/c1-4-6-9(10)7-8(3)5-2/h7,9H,4-6H2,1-3H3/b8-7-. The van der Waals surface area contributed by atoms with Crippen LogP contribution < -0.4 is 0 Å². The highest BCUT2D eigenvalue weighted by atomic mass is 79.9. The van der Waals surface area contributed by atoms with E-state index < -0.39 is 0 Å². The Labute approximate surface area is 72.8 Å². The van der Waals surface area contributed by atoms with Crippen LogP contribution >= 0.6 is 15.9 Å². The van der Waals surface area contributed by atoms with Gasteiger partial charge < -0.3 is 0 Å². The first-order valence-corrected chi connectivity index (χ1v) is 4.93. The zero-order chi connectivity index (χ0) is 7.98. The van der Waals surface area contributed by atoms with Crippen LogP contribution in [-0.2, 0) is 0 Å². The van der Waals surface area contributed by atoms with Gasteiger partial charge in [-0.2, -0.15) is 0 Å². The van der Waals surface area contributed by atoms with Crippen molar-refractivity contribution in [3.05, 3.63) is 11.6 Å². The average Bonchev–Trinajstić information content (AvgIpc) is 1.88. The molecule has 60 valence electrons. The van der Waals surface area contributed by atoms with Crippen LogP contribution in [0, 0.1) is 0 Å². The van der Waals surface area contributed by atoms with Gasteiger partial charge in [-0.05, 0) is 19.8 Å². The average molecular weight is 205 g/mol. The van der Waals surface area contributed by atoms with Crippen LogP contribution in [0.2, 0.25) is 0 Å². The topological polar surface area (TPSA) is 0 Å². The highest BCUT2D eigenvalue weighted by Gasteiger charge is 1.96. The Balaban J connectivity index is 3.62. The predicted molar refractivity (Wildman–Crippen MR) is 51.7 cm³/mol. The highest BCUT2D eigenvalue weighted by Crippen LogP contribution is 2.12. The van der Waals surface area contributed by atoms with E-state index in [-0.39, 0.29) is 0 Å². The van der Waals surface area contributed by atoms with Gasteiger partial charge in [0.2, 0.25) is 0 Å². The summed E-state index contributed by atoms with van der Waals surface area (Å²) in [6.07, 6.45) is 5.98. The molecule has 0 saturated carbocycles. The third-order valence-electron chi connectivity index (χ3n) is 1.59. The number of hydrogen-bond acceptors (Lipinski definition) is 0. The molecule has 0 aromatic heterocycles. The van der Waals surface area contributed by atoms with Crippen molar-refractivity contribution >= 4 is 15.9 Å². The minimum absolute atomic E-state index is 0.595. The molecule has 1 unspecified atom stereocenters. The molecule has 0 nitrogen and oxygen atoms in total. The number of allylic oxidation sites excluding steroid dienone is 2. The fraction of sp³-hybridized carbons (Fsp3) is 0.778. The summed E-state index contributed by atoms with van der Waals surface area (Å²) < 4.78 is 0. The first-order valence-electron chi connectivity index (χ1n) is 4.02. The van der Waals surface area contributed by atoms with Gasteiger partial charge >= 0.3 is 0 Å². The van der Waals surface area contributed by atoms with Gasteiger partial charge in [0.25, 0.3) is 0 Å². The van der Waals surface area contributed by atoms with Crippen LogP contribution in [0.25, 0.3) is 0 Å². The minimum Gasteiger partial charge on any atom is -0.0845 e. The zero-order valence-electron chi connectivity index (χ0n) is 7.15. The second-order valence-corrected chi connectivity index (χ2v) is 3.85. The van der Waals surface area contributed by atoms with Crippen LogP contribution in [0.15, 0.2) is 11.6 Å². The fourth-order valence-corrected chi connectivity index (χ4v) is 1.69. The highest BCUT2D eigenvalue weighted by molar-refractivity contribution is 9.09. The molecule has 0 amide bonds. The van der Waals surface area contributed by atoms with E-state index in [0.717, 1.165) is 0 Å². The van der Waals surface area contributed by atoms with Gasteiger partial charge in [-0.25, -0.2) is 0 Å². The van der Waals surface area contributed by atoms with Crippen molar-refractivity contribution in [3.63, 3.8) is 0 Å². The molecule has 0 saturated heterocycles. The van der Waals surface area contributed by atoms with Gasteiger partial charge in [-0.1, -0.05) is 47.8 Å². The molecular weight excluding hydrogens is 188 g/mol. The zero-order valence-corrected chi connectivity index (χ0v) is 8.74. The van der Waals surface area contributed by atoms with Gasteiger partial charge in [0.15, 0.2) is 0 Å². The third kappa shape index (κ3) is 5.04. The molecule has 10 heavy (non-hydrogen) atoms. The van der Waals surface area contributed by atoms with E-state index in [4.69, 9.17) is 0 Å². The van der Waals surface area contributed by atoms with E-state index in [0.29, 0.717) is 4.83 Å². The SMILES string of the molecule is CCCC(Br)/C=C(/C)CC. The largest absolute Gasteiger partial charge is 0.0845 e. The Bertz CT molecular complexity index is 105. The molecule has 0 aliphatic carbocycles. The van der Waals surface area contributed by atoms with E-state index in [9.17, 15) is 0 Å². The van der Waals surface area contributed by atoms with Crippen LogP contribution in [0.5, 0.6) is 0 Å². The van der Waals surface area contributed by atoms with Gasteiger partial charge in [-0.15, -0.1) is 0 Å². The Kier molecular flexibility index (Phi) is 6.10. The van der Waals surface area contributed by atoms with E-state index in [1.807, 2.05) is 0 Å². The summed E-state index contributed by atoms with van der Waals surface area (Å²) in [5.74, 6) is 0. The number of alkyl halides is 1. The lowest BCUT2D eigenvalue weighted by molar-refractivity contribution is 0.828. The monoisotopic (exact) mass is 204 g/mol. The van der Waals surface area contributed by atoms with Crippen LogP contribution in [0.1, 0.15) is 40.0 Å². The smallest absolute Gasteiger partial charge is 0.0327 e. The van der Waals surface area contributed by atoms with Crippen molar-refractivity contribution < 1.29 is 0 Å². The van der Waals surface area contributed by atoms with E-state index >= 15 is 0 Å². The minimum atomic E-state index is 0.595. The normalized spacial score (nSPS) is 15.4. The molecule has 0 spiro atoms. The molecular formula is C9H17Br. The Morgan fingerprint density at radius 3 is 2.50 bits per heavy atom. The lowest BCUT2D eigenvalue weighted by Gasteiger charge is -2.02. The molecule has 0 heterocycles. The molecule has 0 fully saturated rings. The molecule has 0 aromatic rings. The first-order chi connectivity index (χ1) is 4.70. The Morgan fingerprint density at radius 1 is 1.50 bits per heavy atom. The Morgan fingerprint density at radius 2 is 2.10 bits per heavy atom. The lowest BCUT2D eigenvalue weighted by atomic mass is 10.1. The molecule has 0 aliphatic rings. The summed E-state index contributed by atoms with van der Waals surface area (Å²) in [6, 6.07) is 0. The summed E-state index contributed by atoms with van der Waals surface area (Å²) >= 11 is 3.60. The van der Waals surface area contributed by atoms with Gasteiger partial charge in [0.05, 0.1) is 0 Å². The first kappa shape index (κ1) is 10.2. The van der Waals surface area contributed by atoms with E-state index in [1.54, 1.807) is 0 Å². The molecule has 0 radical (unpaired) electrons. The van der Waals surface area contributed by atoms with Crippen molar-refractivity contribution in [3.8, 4) is 0 Å². The van der Waals surface area contributed by atoms with Crippen molar-refractivity contribution in [2.75, 3.05) is 0 Å². The van der Waals surface area contributed by atoms with E-state index in [1.165, 1.54) is 24.8 Å². The summed E-state index contributed by atoms with van der Waals surface area (Å²) in [4.78, 5) is 0.595. The number of halogens is 1. The third-order valence-corrected chi connectivity index (χ3v) is 2.31. The maximum atomic E-state index is 3.60. The van der Waals surface area contributed by atoms with Crippen molar-refractivity contribution in [1.82, 2.24) is 0 Å². The maximum absolute atomic E-state index is 3.60. The van der Waals surface area contributed by atoms with Gasteiger partial charge in [-0.3, -0.25) is 0 Å². The maximum Gasteiger partial charge on any atom is 0.0327 e. The van der Waals surface area contributed by atoms with Gasteiger partial charge in [0.1, 0.15) is 0 Å². The number of rotatable bonds is 4. The molecule has 0 aliphatic heterocycles. The second-order valence-electron chi connectivity index (χ2n) is 2.67. The molecule has 0 bridgehead atoms. The quantitative estimate of drug-likeness (QED) is 0.482. The van der Waals surface area contributed by atoms with Crippen LogP contribution in [0.3, 0.4) is 0 Å². The number of hydrogen-bond donors (Lipinski definition) is 0. The summed E-state index contributed by atoms with van der Waals surface area (Å²) in [5.41, 5.74) is 1.48. The van der Waals surface area contributed by atoms with Gasteiger partial charge in [0, 0.05) is 4.83 Å². The summed E-state index contributed by atoms with van der Waals surface area (Å²) in [7, 11) is 0. The lowest BCUT2D eigenvalue weighted by Crippen LogP contribution is -1.91. The summed E-state index contributed by atoms with van der Waals surface area (Å²) in [6.45, 7) is 6.59. The Hall–Kier alpha value is 0.220. The molecule has 1 atom stereocenters. The van der Waals surface area contributed by atoms with Crippen molar-refractivity contribution in [2.45, 2.75) is 44.9 Å². The molecule has 1 heteroatoms. The van der Waals surface area contributed by atoms with Crippen molar-refractivity contribution in [1.29, 1.82) is 0 Å².